The number of hydrogen-bond acceptors (Lipinski definition) is 2. The molecular weight excluding hydrogens is 181 g/mol. The topological polar surface area (TPSA) is 23.5 Å². The van der Waals surface area contributed by atoms with Gasteiger partial charge in [-0.3, -0.25) is 0 Å². The van der Waals surface area contributed by atoms with Gasteiger partial charge in [-0.25, -0.2) is 4.39 Å². The first-order valence-electron chi connectivity index (χ1n) is 4.58. The smallest absolute Gasteiger partial charge is 0.146 e. The van der Waals surface area contributed by atoms with Crippen molar-refractivity contribution in [2.24, 2.45) is 0 Å². The molecule has 1 N–H and O–H groups in total. The summed E-state index contributed by atoms with van der Waals surface area (Å²) < 4.78 is 13.4. The average molecular weight is 197 g/mol. The van der Waals surface area contributed by atoms with Crippen LogP contribution in [-0.4, -0.2) is 24.3 Å². The molecule has 0 aliphatic heterocycles. The molecular formula is C11H16FNO. The summed E-state index contributed by atoms with van der Waals surface area (Å²) in [6.07, 6.45) is 0. The quantitative estimate of drug-likeness (QED) is 0.801. The van der Waals surface area contributed by atoms with Gasteiger partial charge in [0.1, 0.15) is 5.82 Å². The highest BCUT2D eigenvalue weighted by molar-refractivity contribution is 5.49. The molecule has 1 rings (SSSR count). The zero-order valence-corrected chi connectivity index (χ0v) is 8.79. The number of aliphatic hydroxyl groups excluding tert-OH is 1. The van der Waals surface area contributed by atoms with Crippen molar-refractivity contribution >= 4 is 5.69 Å². The molecule has 0 radical (unpaired) electrons. The summed E-state index contributed by atoms with van der Waals surface area (Å²) in [6, 6.07) is 6.55. The van der Waals surface area contributed by atoms with Gasteiger partial charge in [-0.05, 0) is 26.0 Å². The summed E-state index contributed by atoms with van der Waals surface area (Å²) in [6.45, 7) is 3.71. The fraction of sp³-hybridized carbons (Fsp3) is 0.455. The number of hydrogen-bond donors (Lipinski definition) is 1. The molecule has 0 amide bonds. The normalized spacial score (nSPS) is 11.5. The number of rotatable bonds is 3. The summed E-state index contributed by atoms with van der Waals surface area (Å²) in [5.41, 5.74) is 0.0499. The molecule has 0 unspecified atom stereocenters. The van der Waals surface area contributed by atoms with Crippen molar-refractivity contribution in [1.29, 1.82) is 0 Å². The zero-order chi connectivity index (χ0) is 10.8. The number of benzene rings is 1. The molecule has 0 bridgehead atoms. The van der Waals surface area contributed by atoms with E-state index in [1.807, 2.05) is 13.8 Å². The second-order valence-corrected chi connectivity index (χ2v) is 3.98. The first-order valence-corrected chi connectivity index (χ1v) is 4.58. The standard InChI is InChI=1S/C11H16FNO/c1-11(2,8-14)13(3)10-7-5-4-6-9(10)12/h4-7,14H,8H2,1-3H3. The largest absolute Gasteiger partial charge is 0.394 e. The summed E-state index contributed by atoms with van der Waals surface area (Å²) in [5, 5.41) is 9.15. The molecule has 2 nitrogen and oxygen atoms in total. The Labute approximate surface area is 84.0 Å². The van der Waals surface area contributed by atoms with Gasteiger partial charge in [-0.1, -0.05) is 12.1 Å². The Morgan fingerprint density at radius 3 is 2.43 bits per heavy atom. The third kappa shape index (κ3) is 2.04. The average Bonchev–Trinajstić information content (AvgIpc) is 2.17. The maximum atomic E-state index is 13.4. The summed E-state index contributed by atoms with van der Waals surface area (Å²) >= 11 is 0. The highest BCUT2D eigenvalue weighted by Crippen LogP contribution is 2.24. The van der Waals surface area contributed by atoms with Crippen LogP contribution in [0.2, 0.25) is 0 Å². The van der Waals surface area contributed by atoms with E-state index in [9.17, 15) is 4.39 Å². The first-order chi connectivity index (χ1) is 6.49. The Balaban J connectivity index is 3.00. The van der Waals surface area contributed by atoms with Gasteiger partial charge in [-0.2, -0.15) is 0 Å². The molecule has 0 saturated heterocycles. The van der Waals surface area contributed by atoms with Gasteiger partial charge in [0, 0.05) is 7.05 Å². The van der Waals surface area contributed by atoms with Crippen LogP contribution >= 0.6 is 0 Å². The van der Waals surface area contributed by atoms with E-state index in [1.54, 1.807) is 30.1 Å². The number of halogens is 1. The van der Waals surface area contributed by atoms with Crippen LogP contribution in [0.5, 0.6) is 0 Å². The van der Waals surface area contributed by atoms with E-state index in [0.717, 1.165) is 0 Å². The lowest BCUT2D eigenvalue weighted by molar-refractivity contribution is 0.215. The Kier molecular flexibility index (Phi) is 3.11. The van der Waals surface area contributed by atoms with Crippen molar-refractivity contribution in [1.82, 2.24) is 0 Å². The highest BCUT2D eigenvalue weighted by atomic mass is 19.1. The second-order valence-electron chi connectivity index (χ2n) is 3.98. The molecule has 0 saturated carbocycles. The lowest BCUT2D eigenvalue weighted by atomic mass is 10.0. The SMILES string of the molecule is CN(c1ccccc1F)C(C)(C)CO. The van der Waals surface area contributed by atoms with Crippen LogP contribution in [0.4, 0.5) is 10.1 Å². The lowest BCUT2D eigenvalue weighted by Crippen LogP contribution is -2.44. The van der Waals surface area contributed by atoms with E-state index in [-0.39, 0.29) is 12.4 Å². The third-order valence-electron chi connectivity index (χ3n) is 2.51. The molecule has 0 aliphatic rings. The van der Waals surface area contributed by atoms with Crippen molar-refractivity contribution in [2.45, 2.75) is 19.4 Å². The van der Waals surface area contributed by atoms with Gasteiger partial charge >= 0.3 is 0 Å². The molecule has 0 atom stereocenters. The molecule has 1 aromatic rings. The predicted molar refractivity (Wildman–Crippen MR) is 56.0 cm³/mol. The van der Waals surface area contributed by atoms with E-state index >= 15 is 0 Å². The minimum absolute atomic E-state index is 0.0160. The van der Waals surface area contributed by atoms with E-state index in [1.165, 1.54) is 6.07 Å². The van der Waals surface area contributed by atoms with Gasteiger partial charge in [0.25, 0.3) is 0 Å². The van der Waals surface area contributed by atoms with Gasteiger partial charge in [0.15, 0.2) is 0 Å². The van der Waals surface area contributed by atoms with Crippen molar-refractivity contribution in [3.63, 3.8) is 0 Å². The minimum Gasteiger partial charge on any atom is -0.394 e. The van der Waals surface area contributed by atoms with E-state index < -0.39 is 5.54 Å². The van der Waals surface area contributed by atoms with Crippen molar-refractivity contribution < 1.29 is 9.50 Å². The zero-order valence-electron chi connectivity index (χ0n) is 8.79. The van der Waals surface area contributed by atoms with Crippen LogP contribution in [0.3, 0.4) is 0 Å². The van der Waals surface area contributed by atoms with Crippen LogP contribution in [0, 0.1) is 5.82 Å². The van der Waals surface area contributed by atoms with Gasteiger partial charge in [-0.15, -0.1) is 0 Å². The van der Waals surface area contributed by atoms with Crippen molar-refractivity contribution in [3.8, 4) is 0 Å². The predicted octanol–water partition coefficient (Wildman–Crippen LogP) is 2.03. The number of para-hydroxylation sites is 1. The van der Waals surface area contributed by atoms with Crippen LogP contribution in [-0.2, 0) is 0 Å². The molecule has 1 aromatic carbocycles. The van der Waals surface area contributed by atoms with E-state index in [2.05, 4.69) is 0 Å². The van der Waals surface area contributed by atoms with E-state index in [4.69, 9.17) is 5.11 Å². The number of nitrogens with zero attached hydrogens (tertiary/aromatic N) is 1. The first kappa shape index (κ1) is 11.0. The molecule has 0 spiro atoms. The number of likely N-dealkylation sites (N-methyl/N-ethyl adjacent to an activating group) is 1. The minimum atomic E-state index is -0.456. The number of anilines is 1. The third-order valence-corrected chi connectivity index (χ3v) is 2.51. The Morgan fingerprint density at radius 2 is 1.93 bits per heavy atom. The second kappa shape index (κ2) is 3.96. The van der Waals surface area contributed by atoms with Crippen LogP contribution in [0.25, 0.3) is 0 Å². The molecule has 0 heterocycles. The monoisotopic (exact) mass is 197 g/mol. The van der Waals surface area contributed by atoms with Crippen LogP contribution < -0.4 is 4.90 Å². The summed E-state index contributed by atoms with van der Waals surface area (Å²) in [4.78, 5) is 1.74. The molecule has 78 valence electrons. The molecule has 0 aromatic heterocycles. The van der Waals surface area contributed by atoms with Crippen molar-refractivity contribution in [2.75, 3.05) is 18.6 Å². The van der Waals surface area contributed by atoms with E-state index in [0.29, 0.717) is 5.69 Å². The summed E-state index contributed by atoms with van der Waals surface area (Å²) in [7, 11) is 1.77. The fourth-order valence-corrected chi connectivity index (χ4v) is 1.16. The van der Waals surface area contributed by atoms with Crippen LogP contribution in [0.15, 0.2) is 24.3 Å². The fourth-order valence-electron chi connectivity index (χ4n) is 1.16. The molecule has 14 heavy (non-hydrogen) atoms. The van der Waals surface area contributed by atoms with Crippen molar-refractivity contribution in [3.05, 3.63) is 30.1 Å². The molecule has 0 aliphatic carbocycles. The Morgan fingerprint density at radius 1 is 1.36 bits per heavy atom. The molecule has 0 fully saturated rings. The van der Waals surface area contributed by atoms with Gasteiger partial charge < -0.3 is 10.0 Å². The van der Waals surface area contributed by atoms with Gasteiger partial charge in [0.2, 0.25) is 0 Å². The summed E-state index contributed by atoms with van der Waals surface area (Å²) in [5.74, 6) is -0.267. The maximum Gasteiger partial charge on any atom is 0.146 e. The highest BCUT2D eigenvalue weighted by Gasteiger charge is 2.24. The van der Waals surface area contributed by atoms with Gasteiger partial charge in [0.05, 0.1) is 17.8 Å². The van der Waals surface area contributed by atoms with Crippen LogP contribution in [0.1, 0.15) is 13.8 Å². The Bertz CT molecular complexity index is 312. The Hall–Kier alpha value is -1.09. The maximum absolute atomic E-state index is 13.4. The molecule has 3 heteroatoms. The lowest BCUT2D eigenvalue weighted by Gasteiger charge is -2.35. The number of aliphatic hydroxyl groups is 1.